The fraction of sp³-hybridized carbons (Fsp3) is 0.412. The molecule has 0 radical (unpaired) electrons. The molecule has 6 N–H and O–H groups in total. The molecular formula is C34H45NO7. The van der Waals surface area contributed by atoms with Crippen LogP contribution < -0.4 is 0 Å². The summed E-state index contributed by atoms with van der Waals surface area (Å²) in [6.07, 6.45) is 2.77. The Labute approximate surface area is 248 Å². The summed E-state index contributed by atoms with van der Waals surface area (Å²) in [5.74, 6) is -1.57. The third-order valence-electron chi connectivity index (χ3n) is 8.11. The lowest BCUT2D eigenvalue weighted by Crippen LogP contribution is -2.44. The normalized spacial score (nSPS) is 15.1. The molecule has 1 aliphatic rings. The molecule has 0 spiro atoms. The lowest BCUT2D eigenvalue weighted by Gasteiger charge is -2.42. The standard InChI is InChI=1S/C32H39NO4.C2H4O2.H2O/c1-31(2,30(35)36)25-17-15-24(16-18-25)29(34)14-9-21-33-22-19-28(20-23-33)32(37,26-10-5-3-6-11-26)27-12-7-4-8-13-27;1-2(3)4;/h3-8,10-13,15-18,28-29,34,37H,9,14,19-23H2,1-2H3,(H,35,36);1H3,(H,3,4);1H2/t29-;;/m0../s1. The number of aliphatic hydroxyl groups excluding tert-OH is 1. The fourth-order valence-corrected chi connectivity index (χ4v) is 5.52. The van der Waals surface area contributed by atoms with E-state index in [2.05, 4.69) is 4.90 Å². The Bertz CT molecular complexity index is 1190. The van der Waals surface area contributed by atoms with Gasteiger partial charge in [-0.25, -0.2) is 0 Å². The molecule has 0 amide bonds. The highest BCUT2D eigenvalue weighted by molar-refractivity contribution is 5.80. The van der Waals surface area contributed by atoms with Crippen LogP contribution in [0, 0.1) is 5.92 Å². The third-order valence-corrected chi connectivity index (χ3v) is 8.11. The Morgan fingerprint density at radius 1 is 0.833 bits per heavy atom. The van der Waals surface area contributed by atoms with Gasteiger partial charge >= 0.3 is 5.97 Å². The Kier molecular flexibility index (Phi) is 12.9. The average Bonchev–Trinajstić information content (AvgIpc) is 2.97. The van der Waals surface area contributed by atoms with Crippen LogP contribution >= 0.6 is 0 Å². The van der Waals surface area contributed by atoms with Gasteiger partial charge in [-0.3, -0.25) is 9.59 Å². The Morgan fingerprint density at radius 3 is 1.71 bits per heavy atom. The van der Waals surface area contributed by atoms with E-state index < -0.39 is 29.1 Å². The van der Waals surface area contributed by atoms with Crippen LogP contribution in [0.25, 0.3) is 0 Å². The minimum absolute atomic E-state index is 0. The van der Waals surface area contributed by atoms with Crippen LogP contribution in [0.5, 0.6) is 0 Å². The predicted octanol–water partition coefficient (Wildman–Crippen LogP) is 4.78. The summed E-state index contributed by atoms with van der Waals surface area (Å²) >= 11 is 0. The summed E-state index contributed by atoms with van der Waals surface area (Å²) in [5, 5.41) is 39.6. The number of aliphatic hydroxyl groups is 2. The zero-order chi connectivity index (χ0) is 30.0. The molecule has 1 atom stereocenters. The minimum atomic E-state index is -1.01. The van der Waals surface area contributed by atoms with Crippen molar-refractivity contribution in [2.24, 2.45) is 5.92 Å². The van der Waals surface area contributed by atoms with Crippen LogP contribution in [-0.2, 0) is 20.6 Å². The minimum Gasteiger partial charge on any atom is -0.481 e. The summed E-state index contributed by atoms with van der Waals surface area (Å²) < 4.78 is 0. The van der Waals surface area contributed by atoms with Crippen molar-refractivity contribution in [3.8, 4) is 0 Å². The number of carbonyl (C=O) groups is 2. The first kappa shape index (κ1) is 34.6. The highest BCUT2D eigenvalue weighted by Crippen LogP contribution is 2.42. The van der Waals surface area contributed by atoms with E-state index in [0.717, 1.165) is 68.1 Å². The highest BCUT2D eigenvalue weighted by Gasteiger charge is 2.41. The molecule has 0 saturated carbocycles. The van der Waals surface area contributed by atoms with Gasteiger partial charge in [0, 0.05) is 6.92 Å². The molecule has 3 aromatic carbocycles. The first-order valence-corrected chi connectivity index (χ1v) is 14.2. The molecule has 0 unspecified atom stereocenters. The molecule has 8 nitrogen and oxygen atoms in total. The summed E-state index contributed by atoms with van der Waals surface area (Å²) in [5.41, 5.74) is 1.47. The van der Waals surface area contributed by atoms with Gasteiger partial charge in [0.1, 0.15) is 5.60 Å². The van der Waals surface area contributed by atoms with Gasteiger partial charge in [-0.15, -0.1) is 0 Å². The number of piperidine rings is 1. The molecule has 0 aliphatic carbocycles. The van der Waals surface area contributed by atoms with Crippen LogP contribution in [-0.4, -0.2) is 62.4 Å². The van der Waals surface area contributed by atoms with Gasteiger partial charge in [-0.05, 0) is 87.3 Å². The number of benzene rings is 3. The van der Waals surface area contributed by atoms with Gasteiger partial charge < -0.3 is 30.8 Å². The van der Waals surface area contributed by atoms with Gasteiger partial charge in [0.05, 0.1) is 11.5 Å². The molecule has 8 heteroatoms. The maximum Gasteiger partial charge on any atom is 0.313 e. The zero-order valence-electron chi connectivity index (χ0n) is 24.7. The van der Waals surface area contributed by atoms with Gasteiger partial charge in [0.2, 0.25) is 0 Å². The molecule has 1 fully saturated rings. The number of carboxylic acids is 2. The summed E-state index contributed by atoms with van der Waals surface area (Å²) in [4.78, 5) is 22.9. The van der Waals surface area contributed by atoms with E-state index in [4.69, 9.17) is 9.90 Å². The predicted molar refractivity (Wildman–Crippen MR) is 163 cm³/mol. The van der Waals surface area contributed by atoms with E-state index in [0.29, 0.717) is 6.42 Å². The first-order valence-electron chi connectivity index (χ1n) is 14.2. The smallest absolute Gasteiger partial charge is 0.313 e. The first-order chi connectivity index (χ1) is 19.5. The average molecular weight is 580 g/mol. The van der Waals surface area contributed by atoms with Crippen LogP contribution in [0.4, 0.5) is 0 Å². The fourth-order valence-electron chi connectivity index (χ4n) is 5.52. The van der Waals surface area contributed by atoms with Gasteiger partial charge in [-0.2, -0.15) is 0 Å². The quantitative estimate of drug-likeness (QED) is 0.270. The molecule has 3 aromatic rings. The van der Waals surface area contributed by atoms with E-state index in [1.54, 1.807) is 26.0 Å². The van der Waals surface area contributed by atoms with Crippen molar-refractivity contribution in [2.75, 3.05) is 19.6 Å². The molecule has 0 aromatic heterocycles. The van der Waals surface area contributed by atoms with Gasteiger partial charge in [0.15, 0.2) is 0 Å². The summed E-state index contributed by atoms with van der Waals surface area (Å²) in [7, 11) is 0. The number of carboxylic acid groups (broad SMARTS) is 2. The Morgan fingerprint density at radius 2 is 1.29 bits per heavy atom. The second kappa shape index (κ2) is 15.6. The second-order valence-corrected chi connectivity index (χ2v) is 11.3. The van der Waals surface area contributed by atoms with E-state index in [1.807, 2.05) is 72.8 Å². The van der Waals surface area contributed by atoms with Crippen molar-refractivity contribution in [1.82, 2.24) is 4.90 Å². The maximum atomic E-state index is 12.1. The van der Waals surface area contributed by atoms with Crippen molar-refractivity contribution in [3.63, 3.8) is 0 Å². The van der Waals surface area contributed by atoms with Crippen molar-refractivity contribution < 1.29 is 35.5 Å². The summed E-state index contributed by atoms with van der Waals surface area (Å²) in [6, 6.07) is 27.3. The van der Waals surface area contributed by atoms with Crippen LogP contribution in [0.15, 0.2) is 84.9 Å². The molecule has 42 heavy (non-hydrogen) atoms. The van der Waals surface area contributed by atoms with Crippen LogP contribution in [0.2, 0.25) is 0 Å². The van der Waals surface area contributed by atoms with Gasteiger partial charge in [0.25, 0.3) is 5.97 Å². The van der Waals surface area contributed by atoms with Crippen LogP contribution in [0.3, 0.4) is 0 Å². The largest absolute Gasteiger partial charge is 0.481 e. The van der Waals surface area contributed by atoms with Crippen LogP contribution in [0.1, 0.15) is 74.8 Å². The Balaban J connectivity index is 0.00000116. The molecule has 1 aliphatic heterocycles. The number of hydrogen-bond donors (Lipinski definition) is 4. The van der Waals surface area contributed by atoms with Crippen molar-refractivity contribution in [2.45, 2.75) is 63.6 Å². The second-order valence-electron chi connectivity index (χ2n) is 11.3. The SMILES string of the molecule is CC(=O)O.CC(C)(C(=O)O)c1ccc([C@@H](O)CCCN2CCC(C(O)(c3ccccc3)c3ccccc3)CC2)cc1.O. The van der Waals surface area contributed by atoms with Crippen molar-refractivity contribution in [3.05, 3.63) is 107 Å². The lowest BCUT2D eigenvalue weighted by atomic mass is 9.72. The highest BCUT2D eigenvalue weighted by atomic mass is 16.4. The molecular weight excluding hydrogens is 534 g/mol. The lowest BCUT2D eigenvalue weighted by molar-refractivity contribution is -0.142. The van der Waals surface area contributed by atoms with E-state index >= 15 is 0 Å². The third kappa shape index (κ3) is 8.72. The molecule has 1 heterocycles. The van der Waals surface area contributed by atoms with E-state index in [-0.39, 0.29) is 11.4 Å². The molecule has 1 saturated heterocycles. The van der Waals surface area contributed by atoms with E-state index in [1.165, 1.54) is 0 Å². The number of aliphatic carboxylic acids is 2. The summed E-state index contributed by atoms with van der Waals surface area (Å²) in [6.45, 7) is 7.20. The molecule has 0 bridgehead atoms. The number of nitrogens with zero attached hydrogens (tertiary/aromatic N) is 1. The zero-order valence-corrected chi connectivity index (χ0v) is 24.7. The van der Waals surface area contributed by atoms with Crippen molar-refractivity contribution >= 4 is 11.9 Å². The number of likely N-dealkylation sites (tertiary alicyclic amines) is 1. The number of hydrogen-bond acceptors (Lipinski definition) is 5. The van der Waals surface area contributed by atoms with Crippen molar-refractivity contribution in [1.29, 1.82) is 0 Å². The molecule has 4 rings (SSSR count). The maximum absolute atomic E-state index is 12.1. The molecule has 228 valence electrons. The Hall–Kier alpha value is -3.56. The topological polar surface area (TPSA) is 150 Å². The van der Waals surface area contributed by atoms with Gasteiger partial charge in [-0.1, -0.05) is 84.9 Å². The monoisotopic (exact) mass is 579 g/mol. The number of rotatable bonds is 10. The van der Waals surface area contributed by atoms with E-state index in [9.17, 15) is 20.1 Å².